The van der Waals surface area contributed by atoms with Gasteiger partial charge in [0.2, 0.25) is 0 Å². The van der Waals surface area contributed by atoms with Crippen LogP contribution in [0.2, 0.25) is 0 Å². The van der Waals surface area contributed by atoms with Crippen molar-refractivity contribution in [3.05, 3.63) is 28.2 Å². The van der Waals surface area contributed by atoms with Gasteiger partial charge < -0.3 is 10.4 Å². The van der Waals surface area contributed by atoms with Gasteiger partial charge in [0.25, 0.3) is 0 Å². The summed E-state index contributed by atoms with van der Waals surface area (Å²) in [6.45, 7) is 4.00. The predicted molar refractivity (Wildman–Crippen MR) is 68.5 cm³/mol. The van der Waals surface area contributed by atoms with E-state index in [1.54, 1.807) is 6.07 Å². The molecule has 0 fully saturated rings. The minimum absolute atomic E-state index is 0.0157. The van der Waals surface area contributed by atoms with Gasteiger partial charge in [0, 0.05) is 28.7 Å². The molecule has 0 aromatic heterocycles. The van der Waals surface area contributed by atoms with Gasteiger partial charge in [-0.25, -0.2) is 0 Å². The average Bonchev–Trinajstić information content (AvgIpc) is 2.26. The van der Waals surface area contributed by atoms with Crippen molar-refractivity contribution in [2.24, 2.45) is 5.41 Å². The molecule has 1 rings (SSSR count). The zero-order valence-electron chi connectivity index (χ0n) is 10.1. The van der Waals surface area contributed by atoms with Gasteiger partial charge >= 0.3 is 6.18 Å². The first-order chi connectivity index (χ1) is 8.15. The second kappa shape index (κ2) is 5.48. The molecule has 0 spiro atoms. The molecule has 0 unspecified atom stereocenters. The molecule has 102 valence electrons. The number of aliphatic hydroxyl groups excluding tert-OH is 1. The molecule has 0 amide bonds. The van der Waals surface area contributed by atoms with E-state index in [-0.39, 0.29) is 16.5 Å². The van der Waals surface area contributed by atoms with Gasteiger partial charge in [0.05, 0.1) is 5.56 Å². The maximum absolute atomic E-state index is 12.7. The highest BCUT2D eigenvalue weighted by molar-refractivity contribution is 9.10. The number of aliphatic hydroxyl groups is 1. The van der Waals surface area contributed by atoms with Crippen molar-refractivity contribution in [3.8, 4) is 0 Å². The first kappa shape index (κ1) is 15.3. The van der Waals surface area contributed by atoms with Crippen molar-refractivity contribution < 1.29 is 18.3 Å². The van der Waals surface area contributed by atoms with Crippen molar-refractivity contribution in [1.29, 1.82) is 0 Å². The molecule has 2 nitrogen and oxygen atoms in total. The van der Waals surface area contributed by atoms with Crippen LogP contribution in [0.4, 0.5) is 18.9 Å². The van der Waals surface area contributed by atoms with E-state index in [1.165, 1.54) is 6.07 Å². The summed E-state index contributed by atoms with van der Waals surface area (Å²) in [5.74, 6) is 0. The van der Waals surface area contributed by atoms with Crippen molar-refractivity contribution in [2.45, 2.75) is 20.0 Å². The Balaban J connectivity index is 2.87. The first-order valence-corrected chi connectivity index (χ1v) is 6.16. The Bertz CT molecular complexity index is 418. The largest absolute Gasteiger partial charge is 0.417 e. The minimum Gasteiger partial charge on any atom is -0.396 e. The third kappa shape index (κ3) is 4.17. The Labute approximate surface area is 112 Å². The molecule has 0 aliphatic carbocycles. The Morgan fingerprint density at radius 1 is 1.28 bits per heavy atom. The van der Waals surface area contributed by atoms with Crippen LogP contribution in [0.25, 0.3) is 0 Å². The fourth-order valence-corrected chi connectivity index (χ4v) is 1.72. The fraction of sp³-hybridized carbons (Fsp3) is 0.500. The molecule has 18 heavy (non-hydrogen) atoms. The van der Waals surface area contributed by atoms with Gasteiger partial charge in [-0.2, -0.15) is 13.2 Å². The van der Waals surface area contributed by atoms with Crippen LogP contribution in [0.1, 0.15) is 19.4 Å². The van der Waals surface area contributed by atoms with Crippen LogP contribution in [0.15, 0.2) is 22.7 Å². The lowest BCUT2D eigenvalue weighted by atomic mass is 9.95. The number of anilines is 1. The molecule has 0 heterocycles. The molecule has 2 N–H and O–H groups in total. The standard InChI is InChI=1S/C12H15BrF3NO/c1-11(2,7-18)6-17-8-3-4-10(13)9(5-8)12(14,15)16/h3-5,17-18H,6-7H2,1-2H3. The van der Waals surface area contributed by atoms with Gasteiger partial charge in [-0.1, -0.05) is 29.8 Å². The van der Waals surface area contributed by atoms with Crippen LogP contribution in [0, 0.1) is 5.41 Å². The van der Waals surface area contributed by atoms with Crippen LogP contribution >= 0.6 is 15.9 Å². The van der Waals surface area contributed by atoms with E-state index in [0.717, 1.165) is 6.07 Å². The van der Waals surface area contributed by atoms with E-state index in [1.807, 2.05) is 13.8 Å². The molecule has 0 saturated carbocycles. The van der Waals surface area contributed by atoms with Crippen molar-refractivity contribution >= 4 is 21.6 Å². The summed E-state index contributed by atoms with van der Waals surface area (Å²) in [7, 11) is 0. The van der Waals surface area contributed by atoms with E-state index in [9.17, 15) is 13.2 Å². The number of hydrogen-bond donors (Lipinski definition) is 2. The monoisotopic (exact) mass is 325 g/mol. The summed E-state index contributed by atoms with van der Waals surface area (Å²) in [5.41, 5.74) is -0.716. The summed E-state index contributed by atoms with van der Waals surface area (Å²) in [5, 5.41) is 12.0. The van der Waals surface area contributed by atoms with E-state index in [2.05, 4.69) is 21.2 Å². The molecule has 6 heteroatoms. The maximum atomic E-state index is 12.7. The van der Waals surface area contributed by atoms with Gasteiger partial charge in [0.1, 0.15) is 0 Å². The smallest absolute Gasteiger partial charge is 0.396 e. The third-order valence-electron chi connectivity index (χ3n) is 2.47. The molecular formula is C12H15BrF3NO. The summed E-state index contributed by atoms with van der Waals surface area (Å²) >= 11 is 2.88. The lowest BCUT2D eigenvalue weighted by Gasteiger charge is -2.23. The number of benzene rings is 1. The zero-order chi connectivity index (χ0) is 14.0. The normalized spacial score (nSPS) is 12.6. The van der Waals surface area contributed by atoms with Crippen LogP contribution in [-0.2, 0) is 6.18 Å². The highest BCUT2D eigenvalue weighted by atomic mass is 79.9. The first-order valence-electron chi connectivity index (χ1n) is 5.37. The van der Waals surface area contributed by atoms with Crippen molar-refractivity contribution in [1.82, 2.24) is 0 Å². The second-order valence-electron chi connectivity index (χ2n) is 4.87. The van der Waals surface area contributed by atoms with Crippen LogP contribution in [0.5, 0.6) is 0 Å². The van der Waals surface area contributed by atoms with Gasteiger partial charge in [-0.15, -0.1) is 0 Å². The SMILES string of the molecule is CC(C)(CO)CNc1ccc(Br)c(C(F)(F)F)c1. The number of nitrogens with one attached hydrogen (secondary N) is 1. The molecule has 0 bridgehead atoms. The van der Waals surface area contributed by atoms with Gasteiger partial charge in [-0.3, -0.25) is 0 Å². The molecule has 0 radical (unpaired) electrons. The number of rotatable bonds is 4. The average molecular weight is 326 g/mol. The lowest BCUT2D eigenvalue weighted by molar-refractivity contribution is -0.138. The zero-order valence-corrected chi connectivity index (χ0v) is 11.7. The second-order valence-corrected chi connectivity index (χ2v) is 5.72. The maximum Gasteiger partial charge on any atom is 0.417 e. The van der Waals surface area contributed by atoms with Crippen LogP contribution in [0.3, 0.4) is 0 Å². The van der Waals surface area contributed by atoms with Gasteiger partial charge in [0.15, 0.2) is 0 Å². The highest BCUT2D eigenvalue weighted by Crippen LogP contribution is 2.36. The molecular weight excluding hydrogens is 311 g/mol. The van der Waals surface area contributed by atoms with Gasteiger partial charge in [-0.05, 0) is 18.2 Å². The number of hydrogen-bond acceptors (Lipinski definition) is 2. The quantitative estimate of drug-likeness (QED) is 0.880. The van der Waals surface area contributed by atoms with Crippen LogP contribution < -0.4 is 5.32 Å². The fourth-order valence-electron chi connectivity index (χ4n) is 1.25. The summed E-state index contributed by atoms with van der Waals surface area (Å²) in [6, 6.07) is 3.97. The van der Waals surface area contributed by atoms with Crippen molar-refractivity contribution in [2.75, 3.05) is 18.5 Å². The molecule has 0 aliphatic rings. The lowest BCUT2D eigenvalue weighted by Crippen LogP contribution is -2.26. The topological polar surface area (TPSA) is 32.3 Å². The summed E-state index contributed by atoms with van der Waals surface area (Å²) in [6.07, 6.45) is -4.39. The minimum atomic E-state index is -4.39. The Morgan fingerprint density at radius 2 is 1.89 bits per heavy atom. The highest BCUT2D eigenvalue weighted by Gasteiger charge is 2.33. The van der Waals surface area contributed by atoms with E-state index >= 15 is 0 Å². The van der Waals surface area contributed by atoms with Crippen LogP contribution in [-0.4, -0.2) is 18.3 Å². The van der Waals surface area contributed by atoms with E-state index in [0.29, 0.717) is 12.2 Å². The number of halogens is 4. The Hall–Kier alpha value is -0.750. The third-order valence-corrected chi connectivity index (χ3v) is 3.16. The number of alkyl halides is 3. The summed E-state index contributed by atoms with van der Waals surface area (Å²) < 4.78 is 38.0. The Morgan fingerprint density at radius 3 is 2.39 bits per heavy atom. The van der Waals surface area contributed by atoms with Crippen molar-refractivity contribution in [3.63, 3.8) is 0 Å². The molecule has 0 atom stereocenters. The molecule has 1 aromatic rings. The summed E-state index contributed by atoms with van der Waals surface area (Å²) in [4.78, 5) is 0. The van der Waals surface area contributed by atoms with E-state index < -0.39 is 11.7 Å². The molecule has 1 aromatic carbocycles. The molecule has 0 saturated heterocycles. The Kier molecular flexibility index (Phi) is 4.66. The van der Waals surface area contributed by atoms with E-state index in [4.69, 9.17) is 5.11 Å². The predicted octanol–water partition coefficient (Wildman–Crippen LogP) is 3.90. The molecule has 0 aliphatic heterocycles.